The molecule has 1 aliphatic rings. The van der Waals surface area contributed by atoms with Crippen LogP contribution in [0, 0.1) is 17.7 Å². The third-order valence-corrected chi connectivity index (χ3v) is 5.93. The first-order valence-corrected chi connectivity index (χ1v) is 10.2. The van der Waals surface area contributed by atoms with Crippen molar-refractivity contribution in [2.45, 2.75) is 25.8 Å². The van der Waals surface area contributed by atoms with E-state index in [0.717, 1.165) is 43.1 Å². The smallest absolute Gasteiger partial charge is 0.303 e. The number of carboxylic acid groups (broad SMARTS) is 1. The van der Waals surface area contributed by atoms with Gasteiger partial charge in [0.25, 0.3) is 0 Å². The van der Waals surface area contributed by atoms with Crippen molar-refractivity contribution in [1.29, 1.82) is 0 Å². The molecule has 1 saturated heterocycles. The van der Waals surface area contributed by atoms with Crippen LogP contribution < -0.4 is 4.74 Å². The molecule has 0 bridgehead atoms. The van der Waals surface area contributed by atoms with Gasteiger partial charge < -0.3 is 14.8 Å². The van der Waals surface area contributed by atoms with Crippen LogP contribution in [0.3, 0.4) is 0 Å². The minimum absolute atomic E-state index is 0.0968. The summed E-state index contributed by atoms with van der Waals surface area (Å²) in [5.74, 6) is 0.809. The monoisotopic (exact) mass is 411 g/mol. The first kappa shape index (κ1) is 20.3. The Morgan fingerprint density at radius 2 is 2.07 bits per heavy atom. The Balaban J connectivity index is 1.48. The van der Waals surface area contributed by atoms with Crippen LogP contribution in [0.1, 0.15) is 24.2 Å². The average molecular weight is 411 g/mol. The van der Waals surface area contributed by atoms with Gasteiger partial charge in [-0.25, -0.2) is 9.37 Å². The number of piperidine rings is 1. The van der Waals surface area contributed by atoms with Crippen molar-refractivity contribution in [3.05, 3.63) is 59.7 Å². The Bertz CT molecular complexity index is 1020. The van der Waals surface area contributed by atoms with Crippen LogP contribution in [0.5, 0.6) is 5.75 Å². The van der Waals surface area contributed by atoms with Gasteiger partial charge in [-0.3, -0.25) is 9.69 Å². The van der Waals surface area contributed by atoms with Crippen LogP contribution >= 0.6 is 0 Å². The molecular formula is C23H26FN3O3. The molecule has 2 aromatic carbocycles. The van der Waals surface area contributed by atoms with Crippen molar-refractivity contribution in [3.8, 4) is 5.75 Å². The minimum atomic E-state index is -0.764. The highest BCUT2D eigenvalue weighted by atomic mass is 19.1. The van der Waals surface area contributed by atoms with Crippen LogP contribution in [0.4, 0.5) is 4.39 Å². The maximum absolute atomic E-state index is 13.5. The Hall–Kier alpha value is -2.93. The molecule has 1 aliphatic heterocycles. The highest BCUT2D eigenvalue weighted by Gasteiger charge is 2.31. The van der Waals surface area contributed by atoms with Crippen molar-refractivity contribution in [3.63, 3.8) is 0 Å². The number of methoxy groups -OCH3 is 1. The molecule has 3 aromatic rings. The molecule has 158 valence electrons. The number of likely N-dealkylation sites (tertiary alicyclic amines) is 1. The number of halogens is 1. The predicted octanol–water partition coefficient (Wildman–Crippen LogP) is 3.87. The molecule has 4 rings (SSSR count). The number of nitrogens with one attached hydrogen (secondary N) is 1. The third kappa shape index (κ3) is 4.79. The van der Waals surface area contributed by atoms with E-state index in [0.29, 0.717) is 11.9 Å². The standard InChI is InChI=1S/C23H26FN3O3/c1-30-19-5-2-15(3-6-19)13-27-9-8-16(11-23(28)29)17(14-27)10-22-25-20-7-4-18(24)12-21(20)26-22/h2-7,12,16-17H,8-11,13-14H2,1H3,(H,25,26)(H,28,29)/t16-,17-/m0/s1. The van der Waals surface area contributed by atoms with E-state index in [-0.39, 0.29) is 24.1 Å². The third-order valence-electron chi connectivity index (χ3n) is 5.93. The second-order valence-corrected chi connectivity index (χ2v) is 8.04. The summed E-state index contributed by atoms with van der Waals surface area (Å²) in [5.41, 5.74) is 2.60. The minimum Gasteiger partial charge on any atom is -0.497 e. The molecule has 2 N–H and O–H groups in total. The Morgan fingerprint density at radius 3 is 2.80 bits per heavy atom. The molecule has 2 heterocycles. The molecule has 30 heavy (non-hydrogen) atoms. The normalized spacial score (nSPS) is 19.8. The molecule has 0 aliphatic carbocycles. The summed E-state index contributed by atoms with van der Waals surface area (Å²) in [7, 11) is 1.65. The Kier molecular flexibility index (Phi) is 5.99. The summed E-state index contributed by atoms with van der Waals surface area (Å²) in [5, 5.41) is 9.35. The topological polar surface area (TPSA) is 78.4 Å². The number of hydrogen-bond donors (Lipinski definition) is 2. The van der Waals surface area contributed by atoms with Gasteiger partial charge in [0.05, 0.1) is 18.1 Å². The number of aromatic nitrogens is 2. The number of benzene rings is 2. The number of H-pyrrole nitrogens is 1. The molecule has 7 heteroatoms. The summed E-state index contributed by atoms with van der Waals surface area (Å²) >= 11 is 0. The fraction of sp³-hybridized carbons (Fsp3) is 0.391. The molecule has 0 spiro atoms. The number of aromatic amines is 1. The number of nitrogens with zero attached hydrogens (tertiary/aromatic N) is 2. The van der Waals surface area contributed by atoms with Crippen molar-refractivity contribution < 1.29 is 19.0 Å². The molecule has 0 radical (unpaired) electrons. The van der Waals surface area contributed by atoms with Gasteiger partial charge in [-0.2, -0.15) is 0 Å². The summed E-state index contributed by atoms with van der Waals surface area (Å²) < 4.78 is 18.7. The van der Waals surface area contributed by atoms with Gasteiger partial charge in [0.15, 0.2) is 0 Å². The van der Waals surface area contributed by atoms with Crippen molar-refractivity contribution in [2.24, 2.45) is 11.8 Å². The summed E-state index contributed by atoms with van der Waals surface area (Å²) in [4.78, 5) is 21.5. The van der Waals surface area contributed by atoms with Gasteiger partial charge in [0.2, 0.25) is 0 Å². The van der Waals surface area contributed by atoms with Gasteiger partial charge >= 0.3 is 5.97 Å². The quantitative estimate of drug-likeness (QED) is 0.617. The maximum Gasteiger partial charge on any atom is 0.303 e. The molecule has 0 saturated carbocycles. The second-order valence-electron chi connectivity index (χ2n) is 8.04. The van der Waals surface area contributed by atoms with Gasteiger partial charge in [-0.05, 0) is 60.7 Å². The van der Waals surface area contributed by atoms with E-state index in [1.165, 1.54) is 17.7 Å². The van der Waals surface area contributed by atoms with E-state index in [2.05, 4.69) is 27.0 Å². The number of rotatable bonds is 7. The fourth-order valence-electron chi connectivity index (χ4n) is 4.39. The first-order valence-electron chi connectivity index (χ1n) is 10.2. The second kappa shape index (κ2) is 8.83. The van der Waals surface area contributed by atoms with Crippen LogP contribution in [0.2, 0.25) is 0 Å². The zero-order valence-corrected chi connectivity index (χ0v) is 17.0. The number of carbonyl (C=O) groups is 1. The van der Waals surface area contributed by atoms with Gasteiger partial charge in [-0.1, -0.05) is 12.1 Å². The Labute approximate surface area is 174 Å². The SMILES string of the molecule is COc1ccc(CN2CC[C@@H](CC(=O)O)[C@@H](Cc3nc4ccc(F)cc4[nH]3)C2)cc1. The van der Waals surface area contributed by atoms with E-state index < -0.39 is 5.97 Å². The zero-order chi connectivity index (χ0) is 21.1. The number of hydrogen-bond acceptors (Lipinski definition) is 4. The lowest BCUT2D eigenvalue weighted by Gasteiger charge is -2.38. The molecule has 0 amide bonds. The first-order chi connectivity index (χ1) is 14.5. The van der Waals surface area contributed by atoms with Gasteiger partial charge in [-0.15, -0.1) is 0 Å². The number of fused-ring (bicyclic) bond motifs is 1. The summed E-state index contributed by atoms with van der Waals surface area (Å²) in [6.07, 6.45) is 1.64. The van der Waals surface area contributed by atoms with Crippen LogP contribution in [-0.4, -0.2) is 46.1 Å². The lowest BCUT2D eigenvalue weighted by Crippen LogP contribution is -2.41. The number of imidazole rings is 1. The molecule has 2 atom stereocenters. The van der Waals surface area contributed by atoms with E-state index in [1.807, 2.05) is 12.1 Å². The summed E-state index contributed by atoms with van der Waals surface area (Å²) in [6, 6.07) is 12.5. The Morgan fingerprint density at radius 1 is 1.27 bits per heavy atom. The largest absolute Gasteiger partial charge is 0.497 e. The predicted molar refractivity (Wildman–Crippen MR) is 112 cm³/mol. The van der Waals surface area contributed by atoms with Crippen molar-refractivity contribution in [2.75, 3.05) is 20.2 Å². The lowest BCUT2D eigenvalue weighted by molar-refractivity contribution is -0.139. The van der Waals surface area contributed by atoms with E-state index in [1.54, 1.807) is 13.2 Å². The molecule has 0 unspecified atom stereocenters. The van der Waals surface area contributed by atoms with Crippen LogP contribution in [-0.2, 0) is 17.8 Å². The number of ether oxygens (including phenoxy) is 1. The lowest BCUT2D eigenvalue weighted by atomic mass is 9.81. The fourth-order valence-corrected chi connectivity index (χ4v) is 4.39. The molecule has 6 nitrogen and oxygen atoms in total. The molecular weight excluding hydrogens is 385 g/mol. The molecule has 1 aromatic heterocycles. The maximum atomic E-state index is 13.5. The van der Waals surface area contributed by atoms with Crippen LogP contribution in [0.15, 0.2) is 42.5 Å². The summed E-state index contributed by atoms with van der Waals surface area (Å²) in [6.45, 7) is 2.48. The van der Waals surface area contributed by atoms with Gasteiger partial charge in [0, 0.05) is 25.9 Å². The van der Waals surface area contributed by atoms with Crippen molar-refractivity contribution in [1.82, 2.24) is 14.9 Å². The molecule has 1 fully saturated rings. The van der Waals surface area contributed by atoms with E-state index >= 15 is 0 Å². The van der Waals surface area contributed by atoms with Crippen LogP contribution in [0.25, 0.3) is 11.0 Å². The van der Waals surface area contributed by atoms with Crippen molar-refractivity contribution >= 4 is 17.0 Å². The number of carboxylic acids is 1. The highest BCUT2D eigenvalue weighted by molar-refractivity contribution is 5.74. The average Bonchev–Trinajstić information content (AvgIpc) is 3.11. The zero-order valence-electron chi connectivity index (χ0n) is 17.0. The number of aliphatic carboxylic acids is 1. The van der Waals surface area contributed by atoms with E-state index in [4.69, 9.17) is 4.74 Å². The van der Waals surface area contributed by atoms with E-state index in [9.17, 15) is 14.3 Å². The highest BCUT2D eigenvalue weighted by Crippen LogP contribution is 2.30. The van der Waals surface area contributed by atoms with Gasteiger partial charge in [0.1, 0.15) is 17.4 Å².